The Balaban J connectivity index is 2.99. The molecule has 1 aliphatic rings. The topological polar surface area (TPSA) is 606 Å². The number of hydrogen-bond acceptors (Lipinski definition) is 20. The van der Waals surface area contributed by atoms with Crippen molar-refractivity contribution in [3.63, 3.8) is 0 Å². The van der Waals surface area contributed by atoms with Crippen molar-refractivity contribution in [2.24, 2.45) is 33.8 Å². The quantitative estimate of drug-likeness (QED) is 0.0117. The third kappa shape index (κ3) is 37.0. The van der Waals surface area contributed by atoms with Gasteiger partial charge in [-0.15, -0.1) is 0 Å². The van der Waals surface area contributed by atoms with Crippen LogP contribution in [-0.2, 0) is 76.7 Å². The van der Waals surface area contributed by atoms with Gasteiger partial charge in [0.2, 0.25) is 76.8 Å². The number of aliphatic hydroxyl groups excluding tert-OH is 1. The summed E-state index contributed by atoms with van der Waals surface area (Å²) >= 11 is 1.30. The van der Waals surface area contributed by atoms with Crippen LogP contribution in [0.15, 0.2) is 39.9 Å². The monoisotopic (exact) mass is 1410 g/mol. The number of nitrogens with two attached hydrogens (primary N) is 4. The van der Waals surface area contributed by atoms with Crippen LogP contribution in [0.4, 0.5) is 0 Å². The summed E-state index contributed by atoms with van der Waals surface area (Å²) in [6, 6.07) is -12.2. The summed E-state index contributed by atoms with van der Waals surface area (Å²) in [6.45, 7) is 6.17. The van der Waals surface area contributed by atoms with E-state index in [1.54, 1.807) is 13.8 Å². The molecule has 38 heteroatoms. The number of amides is 13. The molecule has 0 radical (unpaired) electrons. The Hall–Kier alpha value is -9.72. The fraction of sp³-hybridized carbons (Fsp3) is 0.617. The van der Waals surface area contributed by atoms with Crippen LogP contribution >= 0.6 is 11.8 Å². The predicted molar refractivity (Wildman–Crippen MR) is 354 cm³/mol. The lowest BCUT2D eigenvalue weighted by molar-refractivity contribution is -0.146. The lowest BCUT2D eigenvalue weighted by atomic mass is 10.0. The number of carboxylic acid groups (broad SMARTS) is 3. The van der Waals surface area contributed by atoms with E-state index in [1.165, 1.54) is 22.9 Å². The number of guanidine groups is 1. The van der Waals surface area contributed by atoms with Gasteiger partial charge in [-0.1, -0.05) is 48.8 Å². The second kappa shape index (κ2) is 46.4. The van der Waals surface area contributed by atoms with Crippen LogP contribution in [0.5, 0.6) is 0 Å². The number of nitrogens with zero attached hydrogens (tertiary/aromatic N) is 2. The van der Waals surface area contributed by atoms with E-state index in [9.17, 15) is 92.0 Å². The van der Waals surface area contributed by atoms with E-state index in [2.05, 4.69) is 96.4 Å². The molecule has 1 fully saturated rings. The van der Waals surface area contributed by atoms with Crippen molar-refractivity contribution in [1.82, 2.24) is 63.4 Å². The highest BCUT2D eigenvalue weighted by molar-refractivity contribution is 7.99. The molecule has 0 aromatic heterocycles. The summed E-state index contributed by atoms with van der Waals surface area (Å²) in [7, 11) is 0. The number of nitrogens with one attached hydrogen (secondary N) is 11. The number of carboxylic acids is 3. The molecule has 1 aliphatic heterocycles. The predicted octanol–water partition coefficient (Wildman–Crippen LogP) is -6.05. The number of rotatable bonds is 47. The summed E-state index contributed by atoms with van der Waals surface area (Å²) < 4.78 is 0. The molecular weight excluding hydrogens is 1310 g/mol. The highest BCUT2D eigenvalue weighted by atomic mass is 32.2. The number of aliphatic carboxylic acids is 3. The van der Waals surface area contributed by atoms with Gasteiger partial charge in [-0.2, -0.15) is 11.8 Å². The van der Waals surface area contributed by atoms with Crippen molar-refractivity contribution in [1.29, 1.82) is 0 Å². The zero-order chi connectivity index (χ0) is 74.2. The van der Waals surface area contributed by atoms with Gasteiger partial charge in [-0.25, -0.2) is 4.79 Å². The number of aliphatic hydroxyl groups is 1. The molecule has 0 bridgehead atoms. The molecule has 0 aromatic carbocycles. The van der Waals surface area contributed by atoms with Gasteiger partial charge in [0, 0.05) is 31.0 Å². The molecule has 548 valence electrons. The van der Waals surface area contributed by atoms with E-state index in [-0.39, 0.29) is 56.9 Å². The number of thioether (sulfide) groups is 1. The summed E-state index contributed by atoms with van der Waals surface area (Å²) in [5.74, 6) is -17.6. The minimum absolute atomic E-state index is 0.0137. The Morgan fingerprint density at radius 1 is 0.561 bits per heavy atom. The highest BCUT2D eigenvalue weighted by Gasteiger charge is 2.40. The maximum absolute atomic E-state index is 14.0. The smallest absolute Gasteiger partial charge is 0.327 e. The molecular formula is C60H97N17O20S. The van der Waals surface area contributed by atoms with Gasteiger partial charge in [0.15, 0.2) is 5.96 Å². The Bertz CT molecular complexity index is 2950. The zero-order valence-corrected chi connectivity index (χ0v) is 56.7. The average Bonchev–Trinajstić information content (AvgIpc) is 1.64. The van der Waals surface area contributed by atoms with E-state index in [1.807, 2.05) is 13.0 Å². The van der Waals surface area contributed by atoms with Crippen molar-refractivity contribution in [3.8, 4) is 0 Å². The van der Waals surface area contributed by atoms with E-state index in [0.29, 0.717) is 5.75 Å². The maximum atomic E-state index is 14.0. The van der Waals surface area contributed by atoms with Crippen LogP contribution in [0.1, 0.15) is 119 Å². The van der Waals surface area contributed by atoms with Crippen molar-refractivity contribution in [2.75, 3.05) is 63.9 Å². The normalized spacial score (nSPS) is 14.9. The number of allylic oxidation sites excluding steroid dienone is 5. The van der Waals surface area contributed by atoms with Gasteiger partial charge in [-0.05, 0) is 91.4 Å². The first-order chi connectivity index (χ1) is 46.0. The summed E-state index contributed by atoms with van der Waals surface area (Å²) in [4.78, 5) is 209. The lowest BCUT2D eigenvalue weighted by Crippen LogP contribution is -2.59. The van der Waals surface area contributed by atoms with Crippen LogP contribution in [0.2, 0.25) is 0 Å². The molecule has 0 aliphatic carbocycles. The fourth-order valence-electron chi connectivity index (χ4n) is 8.98. The highest BCUT2D eigenvalue weighted by Crippen LogP contribution is 2.20. The van der Waals surface area contributed by atoms with Gasteiger partial charge in [-0.3, -0.25) is 76.9 Å². The molecule has 0 unspecified atom stereocenters. The summed E-state index contributed by atoms with van der Waals surface area (Å²) in [6.07, 6.45) is 7.37. The first-order valence-corrected chi connectivity index (χ1v) is 32.6. The van der Waals surface area contributed by atoms with Crippen LogP contribution in [0.25, 0.3) is 0 Å². The lowest BCUT2D eigenvalue weighted by Gasteiger charge is -2.29. The molecule has 1 saturated heterocycles. The van der Waals surface area contributed by atoms with Gasteiger partial charge in [0.05, 0.1) is 58.2 Å². The molecule has 1 rings (SSSR count). The second-order valence-electron chi connectivity index (χ2n) is 23.4. The second-order valence-corrected chi connectivity index (χ2v) is 24.5. The number of carbonyl (C=O) groups is 16. The van der Waals surface area contributed by atoms with Crippen molar-refractivity contribution >= 4 is 112 Å². The van der Waals surface area contributed by atoms with E-state index >= 15 is 0 Å². The zero-order valence-electron chi connectivity index (χ0n) is 55.9. The Labute approximate surface area is 570 Å². The first-order valence-electron chi connectivity index (χ1n) is 31.4. The van der Waals surface area contributed by atoms with Crippen LogP contribution in [0, 0.1) is 5.92 Å². The molecule has 1 heterocycles. The number of aliphatic imine (C=N–C) groups is 1. The van der Waals surface area contributed by atoms with Gasteiger partial charge in [0.25, 0.3) is 0 Å². The molecule has 0 spiro atoms. The fourth-order valence-corrected chi connectivity index (χ4v) is 9.98. The third-order valence-electron chi connectivity index (χ3n) is 14.3. The molecule has 37 nitrogen and oxygen atoms in total. The molecule has 0 aromatic rings. The number of hydrogen-bond donors (Lipinski definition) is 19. The van der Waals surface area contributed by atoms with E-state index < -0.39 is 208 Å². The molecule has 98 heavy (non-hydrogen) atoms. The van der Waals surface area contributed by atoms with Crippen LogP contribution < -0.4 is 81.4 Å². The third-order valence-corrected chi connectivity index (χ3v) is 15.3. The molecule has 13 amide bonds. The SMILES string of the molecule is CC(C)=CCC/C(C)=C/CC/C(C)=C/CSC[C@H](NC(=O)[C@@H](NC(=O)CNC(=O)[C@H](CO)NC(=O)[C@@H]1CCCN1C(=O)[C@H](CC(=O)O)NC(=O)CNC(=O)[C@H](CCCN=C(N)N)NC(=O)[C@H](CC(N)=O)NC(=O)CNC(=O)CNC(=O)CNC(=O)[C@@H](N)CCC(=O)O)C(C)C)C(=O)O. The van der Waals surface area contributed by atoms with Crippen LogP contribution in [-0.4, -0.2) is 238 Å². The van der Waals surface area contributed by atoms with Gasteiger partial charge >= 0.3 is 17.9 Å². The molecule has 23 N–H and O–H groups in total. The standard InChI is InChI=1S/C60H97N17O20S/c1-32(2)11-7-12-34(5)13-8-14-35(6)19-22-98-31-41(59(96)97)75-57(94)51(33(3)4)76-48(84)29-70-54(91)40(30-78)74-56(93)42-16-10-21-77(42)58(95)39(24-50(87)88)72-47(83)28-69-53(90)37(15-9-20-65-60(63)64)73-55(92)38(23-43(62)79)71-46(82)27-67-44(80)25-66-45(81)26-68-52(89)36(61)17-18-49(85)86/h11,13,19,33,36-42,51,78H,7-10,12,14-18,20-31,61H2,1-6H3,(H2,62,79)(H,66,81)(H,67,80)(H,68,89)(H,69,90)(H,70,91)(H,71,82)(H,72,83)(H,73,92)(H,74,93)(H,75,94)(H,76,84)(H,85,86)(H,87,88)(H,96,97)(H4,63,64,65)/b34-13+,35-19+/t36-,37-,38-,39-,40-,41-,42-,51-/m0/s1. The van der Waals surface area contributed by atoms with Crippen molar-refractivity contribution in [2.45, 2.75) is 167 Å². The number of primary amides is 1. The minimum atomic E-state index is -1.88. The maximum Gasteiger partial charge on any atom is 0.327 e. The molecule has 8 atom stereocenters. The van der Waals surface area contributed by atoms with E-state index in [0.717, 1.165) is 36.2 Å². The summed E-state index contributed by atoms with van der Waals surface area (Å²) in [5.41, 5.74) is 25.4. The molecule has 0 saturated carbocycles. The Morgan fingerprint density at radius 3 is 1.64 bits per heavy atom. The minimum Gasteiger partial charge on any atom is -0.481 e. The number of likely N-dealkylation sites (tertiary alicyclic amines) is 1. The average molecular weight is 1410 g/mol. The summed E-state index contributed by atoms with van der Waals surface area (Å²) in [5, 5.41) is 63.3. The Morgan fingerprint density at radius 2 is 1.09 bits per heavy atom. The van der Waals surface area contributed by atoms with Gasteiger partial charge < -0.3 is 107 Å². The van der Waals surface area contributed by atoms with Crippen molar-refractivity contribution < 1.29 is 97.1 Å². The van der Waals surface area contributed by atoms with E-state index in [4.69, 9.17) is 28.0 Å². The Kier molecular flexibility index (Phi) is 40.9. The first kappa shape index (κ1) is 86.3. The van der Waals surface area contributed by atoms with Gasteiger partial charge in [0.1, 0.15) is 42.3 Å². The number of carbonyl (C=O) groups excluding carboxylic acids is 13. The van der Waals surface area contributed by atoms with Crippen LogP contribution in [0.3, 0.4) is 0 Å². The van der Waals surface area contributed by atoms with Crippen molar-refractivity contribution in [3.05, 3.63) is 34.9 Å². The largest absolute Gasteiger partial charge is 0.481 e.